The van der Waals surface area contributed by atoms with Gasteiger partial charge in [-0.05, 0) is 23.8 Å². The first-order valence-electron chi connectivity index (χ1n) is 6.07. The lowest BCUT2D eigenvalue weighted by Crippen LogP contribution is -2.37. The quantitative estimate of drug-likeness (QED) is 0.804. The maximum atomic E-state index is 13.6. The minimum Gasteiger partial charge on any atom is -0.465 e. The number of benzene rings is 1. The van der Waals surface area contributed by atoms with Crippen LogP contribution in [0.25, 0.3) is 6.08 Å². The van der Waals surface area contributed by atoms with Crippen LogP contribution in [0.1, 0.15) is 15.9 Å². The molecule has 1 aromatic rings. The Balaban J connectivity index is 2.28. The number of carbonyl (C=O) groups excluding carboxylic acids is 2. The number of alkyl halides is 2. The number of rotatable bonds is 3. The Morgan fingerprint density at radius 1 is 1.38 bits per heavy atom. The van der Waals surface area contributed by atoms with E-state index in [-0.39, 0.29) is 5.56 Å². The number of ether oxygens (including phenoxy) is 2. The van der Waals surface area contributed by atoms with E-state index in [2.05, 4.69) is 9.47 Å². The molecule has 0 radical (unpaired) electrons. The van der Waals surface area contributed by atoms with E-state index in [1.54, 1.807) is 18.2 Å². The van der Waals surface area contributed by atoms with E-state index < -0.39 is 24.0 Å². The van der Waals surface area contributed by atoms with Gasteiger partial charge in [-0.1, -0.05) is 24.3 Å². The van der Waals surface area contributed by atoms with E-state index in [0.717, 1.165) is 6.08 Å². The van der Waals surface area contributed by atoms with Crippen LogP contribution in [0.15, 0.2) is 42.5 Å². The molecule has 0 bridgehead atoms. The van der Waals surface area contributed by atoms with Crippen molar-refractivity contribution in [1.29, 1.82) is 0 Å². The maximum absolute atomic E-state index is 13.6. The fourth-order valence-corrected chi connectivity index (χ4v) is 1.81. The van der Waals surface area contributed by atoms with Crippen molar-refractivity contribution in [3.05, 3.63) is 53.6 Å². The van der Waals surface area contributed by atoms with Gasteiger partial charge in [-0.25, -0.2) is 9.59 Å². The summed E-state index contributed by atoms with van der Waals surface area (Å²) >= 11 is 0. The summed E-state index contributed by atoms with van der Waals surface area (Å²) in [7, 11) is 1.23. The standard InChI is InChI=1S/C15H12F2O4/c1-20-14(19)11-5-3-2-4-10(11)6-7-12-15(16,17)9-8-13(18)21-12/h2-9,12H,1H3/b7-6+/t12-/m0/s1. The minimum atomic E-state index is -3.29. The maximum Gasteiger partial charge on any atom is 0.338 e. The summed E-state index contributed by atoms with van der Waals surface area (Å²) in [6, 6.07) is 6.36. The van der Waals surface area contributed by atoms with E-state index in [1.165, 1.54) is 19.3 Å². The Kier molecular flexibility index (Phi) is 4.16. The highest BCUT2D eigenvalue weighted by Gasteiger charge is 2.41. The molecule has 1 aliphatic heterocycles. The van der Waals surface area contributed by atoms with E-state index in [1.807, 2.05) is 0 Å². The summed E-state index contributed by atoms with van der Waals surface area (Å²) < 4.78 is 36.3. The molecule has 0 amide bonds. The minimum absolute atomic E-state index is 0.234. The molecule has 110 valence electrons. The number of hydrogen-bond donors (Lipinski definition) is 0. The normalized spacial score (nSPS) is 20.3. The van der Waals surface area contributed by atoms with Crippen molar-refractivity contribution in [3.8, 4) is 0 Å². The first-order valence-corrected chi connectivity index (χ1v) is 6.07. The van der Waals surface area contributed by atoms with Gasteiger partial charge in [-0.15, -0.1) is 0 Å². The van der Waals surface area contributed by atoms with Crippen LogP contribution in [0.4, 0.5) is 8.78 Å². The smallest absolute Gasteiger partial charge is 0.338 e. The van der Waals surface area contributed by atoms with Gasteiger partial charge in [0.1, 0.15) is 0 Å². The molecule has 2 rings (SSSR count). The van der Waals surface area contributed by atoms with E-state index >= 15 is 0 Å². The number of esters is 2. The molecule has 21 heavy (non-hydrogen) atoms. The molecule has 1 aromatic carbocycles. The molecule has 4 nitrogen and oxygen atoms in total. The highest BCUT2D eigenvalue weighted by Crippen LogP contribution is 2.28. The first-order chi connectivity index (χ1) is 9.94. The van der Waals surface area contributed by atoms with Gasteiger partial charge in [-0.3, -0.25) is 0 Å². The zero-order chi connectivity index (χ0) is 15.5. The summed E-state index contributed by atoms with van der Waals surface area (Å²) in [5.74, 6) is -4.70. The number of hydrogen-bond acceptors (Lipinski definition) is 4. The molecule has 6 heteroatoms. The van der Waals surface area contributed by atoms with Crippen molar-refractivity contribution in [2.24, 2.45) is 0 Å². The number of halogens is 2. The first kappa shape index (κ1) is 14.9. The highest BCUT2D eigenvalue weighted by molar-refractivity contribution is 5.93. The van der Waals surface area contributed by atoms with Gasteiger partial charge < -0.3 is 9.47 Å². The van der Waals surface area contributed by atoms with Gasteiger partial charge in [0.05, 0.1) is 12.7 Å². The molecule has 0 fully saturated rings. The molecule has 0 aliphatic carbocycles. The highest BCUT2D eigenvalue weighted by atomic mass is 19.3. The molecule has 0 saturated carbocycles. The number of cyclic esters (lactones) is 1. The van der Waals surface area contributed by atoms with E-state index in [0.29, 0.717) is 17.7 Å². The summed E-state index contributed by atoms with van der Waals surface area (Å²) in [4.78, 5) is 22.6. The van der Waals surface area contributed by atoms with Crippen molar-refractivity contribution in [1.82, 2.24) is 0 Å². The van der Waals surface area contributed by atoms with Crippen LogP contribution in [-0.4, -0.2) is 31.1 Å². The summed E-state index contributed by atoms with van der Waals surface area (Å²) in [6.45, 7) is 0. The molecular weight excluding hydrogens is 282 g/mol. The Labute approximate surface area is 119 Å². The average molecular weight is 294 g/mol. The monoisotopic (exact) mass is 294 g/mol. The van der Waals surface area contributed by atoms with Crippen LogP contribution in [0.5, 0.6) is 0 Å². The Morgan fingerprint density at radius 3 is 2.81 bits per heavy atom. The zero-order valence-electron chi connectivity index (χ0n) is 11.1. The Morgan fingerprint density at radius 2 is 2.10 bits per heavy atom. The molecule has 0 unspecified atom stereocenters. The largest absolute Gasteiger partial charge is 0.465 e. The second kappa shape index (κ2) is 5.87. The number of carbonyl (C=O) groups is 2. The van der Waals surface area contributed by atoms with Crippen molar-refractivity contribution in [3.63, 3.8) is 0 Å². The van der Waals surface area contributed by atoms with Crippen LogP contribution in [-0.2, 0) is 14.3 Å². The Bertz CT molecular complexity index is 620. The van der Waals surface area contributed by atoms with Crippen molar-refractivity contribution < 1.29 is 27.8 Å². The fraction of sp³-hybridized carbons (Fsp3) is 0.200. The summed E-state index contributed by atoms with van der Waals surface area (Å²) in [6.07, 6.45) is 1.83. The molecule has 1 heterocycles. The van der Waals surface area contributed by atoms with Crippen LogP contribution >= 0.6 is 0 Å². The predicted octanol–water partition coefficient (Wildman–Crippen LogP) is 2.60. The molecule has 0 spiro atoms. The van der Waals surface area contributed by atoms with Gasteiger partial charge in [0, 0.05) is 6.08 Å². The second-order valence-corrected chi connectivity index (χ2v) is 4.30. The molecule has 0 N–H and O–H groups in total. The summed E-state index contributed by atoms with van der Waals surface area (Å²) in [5, 5.41) is 0. The molecular formula is C15H12F2O4. The lowest BCUT2D eigenvalue weighted by molar-refractivity contribution is -0.157. The lowest BCUT2D eigenvalue weighted by atomic mass is 10.0. The topological polar surface area (TPSA) is 52.6 Å². The van der Waals surface area contributed by atoms with E-state index in [4.69, 9.17) is 0 Å². The van der Waals surface area contributed by atoms with Gasteiger partial charge in [0.25, 0.3) is 0 Å². The SMILES string of the molecule is COC(=O)c1ccccc1/C=C/[C@@H]1OC(=O)C=CC1(F)F. The average Bonchev–Trinajstić information content (AvgIpc) is 2.48. The van der Waals surface area contributed by atoms with Gasteiger partial charge >= 0.3 is 17.9 Å². The molecule has 0 aromatic heterocycles. The van der Waals surface area contributed by atoms with E-state index in [9.17, 15) is 18.4 Å². The third-order valence-electron chi connectivity index (χ3n) is 2.88. The third-order valence-corrected chi connectivity index (χ3v) is 2.88. The Hall–Kier alpha value is -2.50. The zero-order valence-corrected chi connectivity index (χ0v) is 11.1. The van der Waals surface area contributed by atoms with Crippen LogP contribution in [0.2, 0.25) is 0 Å². The fourth-order valence-electron chi connectivity index (χ4n) is 1.81. The molecule has 1 aliphatic rings. The van der Waals surface area contributed by atoms with Crippen LogP contribution in [0, 0.1) is 0 Å². The van der Waals surface area contributed by atoms with Gasteiger partial charge in [0.2, 0.25) is 0 Å². The predicted molar refractivity (Wildman–Crippen MR) is 70.8 cm³/mol. The van der Waals surface area contributed by atoms with Crippen LogP contribution in [0.3, 0.4) is 0 Å². The van der Waals surface area contributed by atoms with Crippen molar-refractivity contribution in [2.45, 2.75) is 12.0 Å². The summed E-state index contributed by atoms with van der Waals surface area (Å²) in [5.41, 5.74) is 0.628. The van der Waals surface area contributed by atoms with Crippen molar-refractivity contribution >= 4 is 18.0 Å². The number of methoxy groups -OCH3 is 1. The van der Waals surface area contributed by atoms with Gasteiger partial charge in [0.15, 0.2) is 6.10 Å². The second-order valence-electron chi connectivity index (χ2n) is 4.30. The van der Waals surface area contributed by atoms with Crippen molar-refractivity contribution in [2.75, 3.05) is 7.11 Å². The van der Waals surface area contributed by atoms with Crippen LogP contribution < -0.4 is 0 Å². The lowest BCUT2D eigenvalue weighted by Gasteiger charge is -2.24. The molecule has 1 atom stereocenters. The molecule has 0 saturated heterocycles. The van der Waals surface area contributed by atoms with Gasteiger partial charge in [-0.2, -0.15) is 8.78 Å². The third kappa shape index (κ3) is 3.34.